The lowest BCUT2D eigenvalue weighted by atomic mass is 10.1. The smallest absolute Gasteiger partial charge is 0.0195 e. The predicted octanol–water partition coefficient (Wildman–Crippen LogP) is 2.44. The molecule has 0 amide bonds. The lowest BCUT2D eigenvalue weighted by molar-refractivity contribution is 0.234. The van der Waals surface area contributed by atoms with E-state index in [1.165, 1.54) is 25.9 Å². The van der Waals surface area contributed by atoms with E-state index in [2.05, 4.69) is 31.7 Å². The van der Waals surface area contributed by atoms with Crippen LogP contribution in [-0.2, 0) is 0 Å². The molecule has 1 heterocycles. The average molecular weight is 153 g/mol. The van der Waals surface area contributed by atoms with Crippen molar-refractivity contribution < 1.29 is 0 Å². The minimum atomic E-state index is 0.713. The van der Waals surface area contributed by atoms with Crippen molar-refractivity contribution >= 4 is 0 Å². The van der Waals surface area contributed by atoms with E-state index in [0.717, 1.165) is 0 Å². The minimum Gasteiger partial charge on any atom is -0.297 e. The molecule has 0 unspecified atom stereocenters. The first kappa shape index (κ1) is 8.79. The van der Waals surface area contributed by atoms with Gasteiger partial charge < -0.3 is 0 Å². The molecule has 1 nitrogen and oxygen atoms in total. The Morgan fingerprint density at radius 2 is 2.27 bits per heavy atom. The second-order valence-corrected chi connectivity index (χ2v) is 3.57. The van der Waals surface area contributed by atoms with Crippen LogP contribution in [0.2, 0.25) is 0 Å². The van der Waals surface area contributed by atoms with Crippen molar-refractivity contribution in [3.63, 3.8) is 0 Å². The Hall–Kier alpha value is -0.300. The van der Waals surface area contributed by atoms with Crippen LogP contribution in [0.1, 0.15) is 33.6 Å². The third kappa shape index (κ3) is 2.33. The maximum Gasteiger partial charge on any atom is 0.0195 e. The summed E-state index contributed by atoms with van der Waals surface area (Å²) in [6.45, 7) is 9.25. The molecule has 1 heteroatoms. The van der Waals surface area contributed by atoms with Crippen LogP contribution in [0.5, 0.6) is 0 Å². The van der Waals surface area contributed by atoms with Crippen molar-refractivity contribution in [2.45, 2.75) is 39.7 Å². The summed E-state index contributed by atoms with van der Waals surface area (Å²) in [6.07, 6.45) is 4.88. The van der Waals surface area contributed by atoms with E-state index in [0.29, 0.717) is 6.04 Å². The summed E-state index contributed by atoms with van der Waals surface area (Å²) < 4.78 is 0. The van der Waals surface area contributed by atoms with Gasteiger partial charge in [-0.3, -0.25) is 4.90 Å². The Morgan fingerprint density at radius 3 is 2.82 bits per heavy atom. The van der Waals surface area contributed by atoms with Crippen molar-refractivity contribution in [3.05, 3.63) is 11.6 Å². The van der Waals surface area contributed by atoms with E-state index in [-0.39, 0.29) is 0 Å². The maximum absolute atomic E-state index is 2.54. The van der Waals surface area contributed by atoms with Crippen molar-refractivity contribution in [2.75, 3.05) is 13.1 Å². The molecular formula is C10H19N. The fraction of sp³-hybridized carbons (Fsp3) is 0.800. The molecule has 0 aromatic rings. The van der Waals surface area contributed by atoms with Gasteiger partial charge in [-0.05, 0) is 26.7 Å². The van der Waals surface area contributed by atoms with Crippen LogP contribution in [0.4, 0.5) is 0 Å². The fourth-order valence-corrected chi connectivity index (χ4v) is 1.54. The Morgan fingerprint density at radius 1 is 1.55 bits per heavy atom. The van der Waals surface area contributed by atoms with Gasteiger partial charge >= 0.3 is 0 Å². The molecule has 1 aliphatic heterocycles. The molecule has 0 aliphatic carbocycles. The fourth-order valence-electron chi connectivity index (χ4n) is 1.54. The Balaban J connectivity index is 2.46. The molecule has 0 bridgehead atoms. The molecule has 0 saturated heterocycles. The summed E-state index contributed by atoms with van der Waals surface area (Å²) in [7, 11) is 0. The Labute approximate surface area is 70.1 Å². The van der Waals surface area contributed by atoms with Crippen LogP contribution in [0.3, 0.4) is 0 Å². The molecule has 11 heavy (non-hydrogen) atoms. The van der Waals surface area contributed by atoms with Crippen molar-refractivity contribution in [2.24, 2.45) is 0 Å². The van der Waals surface area contributed by atoms with E-state index in [1.807, 2.05) is 0 Å². The van der Waals surface area contributed by atoms with Gasteiger partial charge in [-0.15, -0.1) is 0 Å². The molecule has 0 saturated carbocycles. The number of hydrogen-bond donors (Lipinski definition) is 0. The third-order valence-electron chi connectivity index (χ3n) is 2.44. The second kappa shape index (κ2) is 3.91. The van der Waals surface area contributed by atoms with Gasteiger partial charge in [0.25, 0.3) is 0 Å². The van der Waals surface area contributed by atoms with Gasteiger partial charge in [0.05, 0.1) is 0 Å². The predicted molar refractivity (Wildman–Crippen MR) is 49.7 cm³/mol. The first-order valence-electron chi connectivity index (χ1n) is 4.66. The second-order valence-electron chi connectivity index (χ2n) is 3.57. The minimum absolute atomic E-state index is 0.713. The monoisotopic (exact) mass is 153 g/mol. The average Bonchev–Trinajstić information content (AvgIpc) is 2.05. The van der Waals surface area contributed by atoms with Gasteiger partial charge in [-0.1, -0.05) is 18.6 Å². The quantitative estimate of drug-likeness (QED) is 0.551. The van der Waals surface area contributed by atoms with E-state index in [4.69, 9.17) is 0 Å². The topological polar surface area (TPSA) is 3.24 Å². The summed E-state index contributed by atoms with van der Waals surface area (Å²) in [4.78, 5) is 2.54. The summed E-state index contributed by atoms with van der Waals surface area (Å²) in [5.41, 5.74) is 1.62. The van der Waals surface area contributed by atoms with Crippen molar-refractivity contribution in [1.82, 2.24) is 4.90 Å². The van der Waals surface area contributed by atoms with Crippen LogP contribution >= 0.6 is 0 Å². The first-order chi connectivity index (χ1) is 5.24. The largest absolute Gasteiger partial charge is 0.297 e. The summed E-state index contributed by atoms with van der Waals surface area (Å²) in [5, 5.41) is 0. The zero-order valence-corrected chi connectivity index (χ0v) is 7.93. The molecule has 0 fully saturated rings. The van der Waals surface area contributed by atoms with Gasteiger partial charge in [0, 0.05) is 19.1 Å². The molecule has 0 atom stereocenters. The highest BCUT2D eigenvalue weighted by molar-refractivity contribution is 5.07. The van der Waals surface area contributed by atoms with Crippen LogP contribution in [0.25, 0.3) is 0 Å². The van der Waals surface area contributed by atoms with Crippen molar-refractivity contribution in [1.29, 1.82) is 0 Å². The maximum atomic E-state index is 2.54. The lowest BCUT2D eigenvalue weighted by Gasteiger charge is -2.30. The van der Waals surface area contributed by atoms with E-state index in [1.54, 1.807) is 5.57 Å². The molecule has 1 rings (SSSR count). The Kier molecular flexibility index (Phi) is 3.13. The summed E-state index contributed by atoms with van der Waals surface area (Å²) in [5.74, 6) is 0. The van der Waals surface area contributed by atoms with Crippen LogP contribution in [-0.4, -0.2) is 24.0 Å². The first-order valence-corrected chi connectivity index (χ1v) is 4.66. The normalized spacial score (nSPS) is 20.5. The molecule has 0 aromatic carbocycles. The van der Waals surface area contributed by atoms with Gasteiger partial charge in [-0.25, -0.2) is 0 Å². The number of hydrogen-bond acceptors (Lipinski definition) is 1. The van der Waals surface area contributed by atoms with E-state index >= 15 is 0 Å². The summed E-state index contributed by atoms with van der Waals surface area (Å²) >= 11 is 0. The number of rotatable bonds is 2. The van der Waals surface area contributed by atoms with E-state index in [9.17, 15) is 0 Å². The molecular weight excluding hydrogens is 134 g/mol. The molecule has 0 N–H and O–H groups in total. The summed E-state index contributed by atoms with van der Waals surface area (Å²) in [6, 6.07) is 0.713. The molecule has 64 valence electrons. The molecule has 0 spiro atoms. The standard InChI is InChI=1S/C10H19N/c1-4-10-6-5-7-11(8-10)9(2)3/h6,9H,4-5,7-8H2,1-3H3. The number of nitrogens with zero attached hydrogens (tertiary/aromatic N) is 1. The SMILES string of the molecule is CCC1=CCCN(C(C)C)C1. The van der Waals surface area contributed by atoms with Crippen LogP contribution in [0.15, 0.2) is 11.6 Å². The van der Waals surface area contributed by atoms with E-state index < -0.39 is 0 Å². The molecule has 0 radical (unpaired) electrons. The van der Waals surface area contributed by atoms with Crippen LogP contribution < -0.4 is 0 Å². The zero-order valence-electron chi connectivity index (χ0n) is 7.93. The highest BCUT2D eigenvalue weighted by atomic mass is 15.1. The lowest BCUT2D eigenvalue weighted by Crippen LogP contribution is -2.35. The molecule has 0 aromatic heterocycles. The Bertz CT molecular complexity index is 147. The highest BCUT2D eigenvalue weighted by Crippen LogP contribution is 2.14. The van der Waals surface area contributed by atoms with Crippen molar-refractivity contribution in [3.8, 4) is 0 Å². The van der Waals surface area contributed by atoms with Gasteiger partial charge in [0.2, 0.25) is 0 Å². The van der Waals surface area contributed by atoms with Gasteiger partial charge in [0.15, 0.2) is 0 Å². The highest BCUT2D eigenvalue weighted by Gasteiger charge is 2.13. The van der Waals surface area contributed by atoms with Gasteiger partial charge in [-0.2, -0.15) is 0 Å². The zero-order chi connectivity index (χ0) is 8.27. The molecule has 1 aliphatic rings. The third-order valence-corrected chi connectivity index (χ3v) is 2.44. The van der Waals surface area contributed by atoms with Crippen LogP contribution in [0, 0.1) is 0 Å². The van der Waals surface area contributed by atoms with Gasteiger partial charge in [0.1, 0.15) is 0 Å².